The third-order valence-corrected chi connectivity index (χ3v) is 5.44. The van der Waals surface area contributed by atoms with E-state index in [1.165, 1.54) is 0 Å². The molecule has 0 bridgehead atoms. The lowest BCUT2D eigenvalue weighted by atomic mass is 9.69. The molecule has 1 nitrogen and oxygen atoms in total. The van der Waals surface area contributed by atoms with Gasteiger partial charge in [-0.3, -0.25) is 0 Å². The van der Waals surface area contributed by atoms with Crippen molar-refractivity contribution >= 4 is 27.5 Å². The van der Waals surface area contributed by atoms with E-state index in [9.17, 15) is 0 Å². The molecule has 1 aliphatic rings. The number of rotatable bonds is 2. The largest absolute Gasteiger partial charge is 0.490 e. The molecular weight excluding hydrogens is 287 g/mol. The predicted molar refractivity (Wildman–Crippen MR) is 71.7 cm³/mol. The monoisotopic (exact) mass is 302 g/mol. The van der Waals surface area contributed by atoms with Crippen LogP contribution in [0.2, 0.25) is 5.02 Å². The van der Waals surface area contributed by atoms with Crippen molar-refractivity contribution in [3.63, 3.8) is 0 Å². The Morgan fingerprint density at radius 3 is 2.62 bits per heavy atom. The minimum Gasteiger partial charge on any atom is -0.490 e. The van der Waals surface area contributed by atoms with Gasteiger partial charge in [-0.05, 0) is 37.1 Å². The summed E-state index contributed by atoms with van der Waals surface area (Å²) in [6.45, 7) is 6.45. The first-order chi connectivity index (χ1) is 7.41. The minimum atomic E-state index is 0.202. The van der Waals surface area contributed by atoms with Crippen LogP contribution in [0.3, 0.4) is 0 Å². The maximum Gasteiger partial charge on any atom is 0.120 e. The van der Waals surface area contributed by atoms with Crippen LogP contribution in [0, 0.1) is 12.3 Å². The van der Waals surface area contributed by atoms with Crippen molar-refractivity contribution in [1.82, 2.24) is 0 Å². The number of hydrogen-bond donors (Lipinski definition) is 0. The summed E-state index contributed by atoms with van der Waals surface area (Å²) in [4.78, 5) is 0.554. The number of halogens is 2. The fraction of sp³-hybridized carbons (Fsp3) is 0.538. The first-order valence-electron chi connectivity index (χ1n) is 5.48. The van der Waals surface area contributed by atoms with E-state index in [0.29, 0.717) is 4.83 Å². The molecule has 0 N–H and O–H groups in total. The highest BCUT2D eigenvalue weighted by Gasteiger charge is 2.48. The predicted octanol–water partition coefficient (Wildman–Crippen LogP) is 4.59. The molecule has 1 aromatic carbocycles. The van der Waals surface area contributed by atoms with Crippen LogP contribution >= 0.6 is 27.5 Å². The molecule has 2 atom stereocenters. The first kappa shape index (κ1) is 12.3. The quantitative estimate of drug-likeness (QED) is 0.726. The average Bonchev–Trinajstić information content (AvgIpc) is 2.23. The molecule has 1 fully saturated rings. The molecule has 0 heterocycles. The number of alkyl halides is 1. The lowest BCUT2D eigenvalue weighted by Gasteiger charge is -2.48. The van der Waals surface area contributed by atoms with E-state index in [1.54, 1.807) is 0 Å². The van der Waals surface area contributed by atoms with Crippen LogP contribution in [0.4, 0.5) is 0 Å². The molecule has 3 heteroatoms. The Kier molecular flexibility index (Phi) is 3.24. The van der Waals surface area contributed by atoms with Crippen molar-refractivity contribution in [3.8, 4) is 5.75 Å². The van der Waals surface area contributed by atoms with Crippen molar-refractivity contribution in [2.24, 2.45) is 5.41 Å². The molecule has 1 aliphatic carbocycles. The van der Waals surface area contributed by atoms with Crippen LogP contribution in [0.5, 0.6) is 5.75 Å². The van der Waals surface area contributed by atoms with Crippen LogP contribution < -0.4 is 4.74 Å². The van der Waals surface area contributed by atoms with Crippen LogP contribution in [-0.4, -0.2) is 10.9 Å². The highest BCUT2D eigenvalue weighted by atomic mass is 79.9. The summed E-state index contributed by atoms with van der Waals surface area (Å²) < 4.78 is 5.98. The van der Waals surface area contributed by atoms with Crippen LogP contribution in [0.15, 0.2) is 18.2 Å². The van der Waals surface area contributed by atoms with Crippen LogP contribution in [-0.2, 0) is 0 Å². The Balaban J connectivity index is 2.08. The van der Waals surface area contributed by atoms with E-state index in [4.69, 9.17) is 16.3 Å². The zero-order chi connectivity index (χ0) is 11.9. The Morgan fingerprint density at radius 1 is 1.44 bits per heavy atom. The van der Waals surface area contributed by atoms with Crippen molar-refractivity contribution in [2.45, 2.75) is 38.1 Å². The van der Waals surface area contributed by atoms with Crippen LogP contribution in [0.1, 0.15) is 25.8 Å². The zero-order valence-electron chi connectivity index (χ0n) is 9.76. The van der Waals surface area contributed by atoms with Gasteiger partial charge < -0.3 is 4.74 Å². The highest BCUT2D eigenvalue weighted by Crippen LogP contribution is 2.47. The van der Waals surface area contributed by atoms with Gasteiger partial charge in [0.05, 0.1) is 0 Å². The zero-order valence-corrected chi connectivity index (χ0v) is 12.1. The second-order valence-corrected chi connectivity index (χ2v) is 6.55. The van der Waals surface area contributed by atoms with E-state index in [2.05, 4.69) is 29.8 Å². The van der Waals surface area contributed by atoms with E-state index in [-0.39, 0.29) is 11.5 Å². The fourth-order valence-corrected chi connectivity index (χ4v) is 2.64. The highest BCUT2D eigenvalue weighted by molar-refractivity contribution is 9.09. The SMILES string of the molecule is Cc1cc(OC2CC(Br)C2(C)C)ccc1Cl. The fourth-order valence-electron chi connectivity index (χ4n) is 1.89. The average molecular weight is 304 g/mol. The van der Waals surface area contributed by atoms with E-state index >= 15 is 0 Å². The van der Waals surface area contributed by atoms with Crippen LogP contribution in [0.25, 0.3) is 0 Å². The van der Waals surface area contributed by atoms with Gasteiger partial charge >= 0.3 is 0 Å². The van der Waals surface area contributed by atoms with Gasteiger partial charge in [0.2, 0.25) is 0 Å². The van der Waals surface area contributed by atoms with E-state index < -0.39 is 0 Å². The van der Waals surface area contributed by atoms with Gasteiger partial charge in [0.15, 0.2) is 0 Å². The van der Waals surface area contributed by atoms with Gasteiger partial charge in [0.1, 0.15) is 11.9 Å². The molecule has 0 aliphatic heterocycles. The molecule has 16 heavy (non-hydrogen) atoms. The third-order valence-electron chi connectivity index (χ3n) is 3.47. The molecule has 1 saturated carbocycles. The standard InChI is InChI=1S/C13H16BrClO/c1-8-6-9(4-5-10(8)15)16-12-7-11(14)13(12,2)3/h4-6,11-12H,7H2,1-3H3. The van der Waals surface area contributed by atoms with Gasteiger partial charge in [-0.15, -0.1) is 0 Å². The summed E-state index contributed by atoms with van der Waals surface area (Å²) in [5.41, 5.74) is 1.26. The second-order valence-electron chi connectivity index (χ2n) is 5.04. The Hall–Kier alpha value is -0.210. The molecule has 0 aromatic heterocycles. The number of aryl methyl sites for hydroxylation is 1. The smallest absolute Gasteiger partial charge is 0.120 e. The molecule has 2 unspecified atom stereocenters. The number of benzene rings is 1. The van der Waals surface area contributed by atoms with Gasteiger partial charge in [-0.2, -0.15) is 0 Å². The molecule has 0 amide bonds. The second kappa shape index (κ2) is 4.23. The van der Waals surface area contributed by atoms with Gasteiger partial charge in [0.25, 0.3) is 0 Å². The topological polar surface area (TPSA) is 9.23 Å². The van der Waals surface area contributed by atoms with Crippen molar-refractivity contribution in [3.05, 3.63) is 28.8 Å². The summed E-state index contributed by atoms with van der Waals surface area (Å²) in [5.74, 6) is 0.916. The normalized spacial score (nSPS) is 27.3. The molecule has 0 spiro atoms. The van der Waals surface area contributed by atoms with Gasteiger partial charge in [-0.1, -0.05) is 41.4 Å². The summed E-state index contributed by atoms with van der Waals surface area (Å²) in [6.07, 6.45) is 1.35. The van der Waals surface area contributed by atoms with Gasteiger partial charge in [0, 0.05) is 15.3 Å². The van der Waals surface area contributed by atoms with Gasteiger partial charge in [-0.25, -0.2) is 0 Å². The lowest BCUT2D eigenvalue weighted by molar-refractivity contribution is -0.00782. The molecule has 0 radical (unpaired) electrons. The minimum absolute atomic E-state index is 0.202. The third kappa shape index (κ3) is 2.10. The summed E-state index contributed by atoms with van der Waals surface area (Å²) in [6, 6.07) is 5.83. The molecule has 88 valence electrons. The summed E-state index contributed by atoms with van der Waals surface area (Å²) >= 11 is 9.64. The van der Waals surface area contributed by atoms with E-state index in [1.807, 2.05) is 25.1 Å². The van der Waals surface area contributed by atoms with Crippen molar-refractivity contribution in [2.75, 3.05) is 0 Å². The molecular formula is C13H16BrClO. The summed E-state index contributed by atoms with van der Waals surface area (Å²) in [5, 5.41) is 0.790. The van der Waals surface area contributed by atoms with Crippen molar-refractivity contribution in [1.29, 1.82) is 0 Å². The molecule has 2 rings (SSSR count). The summed E-state index contributed by atoms with van der Waals surface area (Å²) in [7, 11) is 0. The Labute approximate surface area is 110 Å². The van der Waals surface area contributed by atoms with E-state index in [0.717, 1.165) is 22.8 Å². The number of hydrogen-bond acceptors (Lipinski definition) is 1. The maximum absolute atomic E-state index is 5.98. The van der Waals surface area contributed by atoms with Crippen molar-refractivity contribution < 1.29 is 4.74 Å². The Bertz CT molecular complexity index is 403. The molecule has 1 aromatic rings. The first-order valence-corrected chi connectivity index (χ1v) is 6.77. The lowest BCUT2D eigenvalue weighted by Crippen LogP contribution is -2.53. The maximum atomic E-state index is 5.98. The molecule has 0 saturated heterocycles. The number of ether oxygens (including phenoxy) is 1. The Morgan fingerprint density at radius 2 is 2.12 bits per heavy atom.